The summed E-state index contributed by atoms with van der Waals surface area (Å²) in [4.78, 5) is 28.3. The summed E-state index contributed by atoms with van der Waals surface area (Å²) in [7, 11) is 3.66. The Kier molecular flexibility index (Phi) is 4.54. The second kappa shape index (κ2) is 6.78. The number of nitrogens with one attached hydrogen (secondary N) is 2. The van der Waals surface area contributed by atoms with Gasteiger partial charge in [-0.3, -0.25) is 9.59 Å². The number of phenolic OH excluding ortho intramolecular Hbond substituents is 1. The number of rotatable bonds is 4. The van der Waals surface area contributed by atoms with Crippen molar-refractivity contribution in [3.63, 3.8) is 0 Å². The predicted molar refractivity (Wildman–Crippen MR) is 98.9 cm³/mol. The van der Waals surface area contributed by atoms with Crippen molar-refractivity contribution in [2.24, 2.45) is 0 Å². The van der Waals surface area contributed by atoms with E-state index in [9.17, 15) is 14.7 Å². The van der Waals surface area contributed by atoms with Crippen LogP contribution in [-0.2, 0) is 4.79 Å². The Morgan fingerprint density at radius 2 is 1.88 bits per heavy atom. The highest BCUT2D eigenvalue weighted by molar-refractivity contribution is 6.00. The Balaban J connectivity index is 1.96. The zero-order chi connectivity index (χ0) is 18.0. The molecule has 0 unspecified atom stereocenters. The molecule has 6 nitrogen and oxygen atoms in total. The van der Waals surface area contributed by atoms with Crippen LogP contribution in [0.15, 0.2) is 53.5 Å². The number of hydrogen-bond acceptors (Lipinski definition) is 4. The van der Waals surface area contributed by atoms with Gasteiger partial charge in [0.1, 0.15) is 5.75 Å². The van der Waals surface area contributed by atoms with Crippen molar-refractivity contribution in [1.82, 2.24) is 9.88 Å². The van der Waals surface area contributed by atoms with Crippen molar-refractivity contribution in [1.29, 1.82) is 0 Å². The minimum absolute atomic E-state index is 0.0574. The molecule has 3 aromatic rings. The lowest BCUT2D eigenvalue weighted by atomic mass is 10.00. The highest BCUT2D eigenvalue weighted by Crippen LogP contribution is 2.32. The molecule has 3 rings (SSSR count). The Morgan fingerprint density at radius 3 is 2.56 bits per heavy atom. The molecule has 1 aromatic heterocycles. The van der Waals surface area contributed by atoms with Gasteiger partial charge in [-0.15, -0.1) is 0 Å². The molecule has 0 fully saturated rings. The van der Waals surface area contributed by atoms with Gasteiger partial charge in [-0.2, -0.15) is 0 Å². The van der Waals surface area contributed by atoms with Gasteiger partial charge < -0.3 is 20.3 Å². The second-order valence-corrected chi connectivity index (χ2v) is 6.09. The number of aromatic nitrogens is 1. The van der Waals surface area contributed by atoms with Gasteiger partial charge in [-0.25, -0.2) is 0 Å². The molecule has 0 atom stereocenters. The van der Waals surface area contributed by atoms with Crippen LogP contribution in [-0.4, -0.2) is 41.5 Å². The molecule has 0 aliphatic carbocycles. The summed E-state index contributed by atoms with van der Waals surface area (Å²) in [5.41, 5.74) is 1.99. The van der Waals surface area contributed by atoms with E-state index < -0.39 is 0 Å². The van der Waals surface area contributed by atoms with Crippen LogP contribution in [0.4, 0.5) is 5.69 Å². The molecule has 0 radical (unpaired) electrons. The predicted octanol–water partition coefficient (Wildman–Crippen LogP) is 2.40. The molecular formula is C19H19N3O3. The molecule has 25 heavy (non-hydrogen) atoms. The third kappa shape index (κ3) is 3.54. The van der Waals surface area contributed by atoms with E-state index >= 15 is 0 Å². The molecule has 1 amide bonds. The van der Waals surface area contributed by atoms with Crippen molar-refractivity contribution in [2.75, 3.05) is 26.0 Å². The number of aromatic hydroxyl groups is 1. The van der Waals surface area contributed by atoms with E-state index in [4.69, 9.17) is 0 Å². The van der Waals surface area contributed by atoms with E-state index in [-0.39, 0.29) is 17.2 Å². The van der Waals surface area contributed by atoms with Crippen molar-refractivity contribution >= 4 is 22.4 Å². The molecule has 0 aliphatic rings. The molecule has 0 saturated heterocycles. The second-order valence-electron chi connectivity index (χ2n) is 6.09. The highest BCUT2D eigenvalue weighted by atomic mass is 16.3. The third-order valence-electron chi connectivity index (χ3n) is 3.84. The highest BCUT2D eigenvalue weighted by Gasteiger charge is 2.11. The molecule has 128 valence electrons. The van der Waals surface area contributed by atoms with Crippen LogP contribution in [0.3, 0.4) is 0 Å². The number of carbonyl (C=O) groups excluding carboxylic acids is 1. The van der Waals surface area contributed by atoms with Crippen LogP contribution >= 0.6 is 0 Å². The molecule has 6 heteroatoms. The Labute approximate surface area is 144 Å². The number of likely N-dealkylation sites (N-methyl/N-ethyl adjacent to an activating group) is 1. The largest absolute Gasteiger partial charge is 0.507 e. The molecule has 0 aliphatic heterocycles. The summed E-state index contributed by atoms with van der Waals surface area (Å²) in [6.07, 6.45) is 1.59. The number of benzene rings is 2. The lowest BCUT2D eigenvalue weighted by Gasteiger charge is -2.11. The maximum absolute atomic E-state index is 12.0. The van der Waals surface area contributed by atoms with Gasteiger partial charge in [-0.1, -0.05) is 18.2 Å². The smallest absolute Gasteiger partial charge is 0.255 e. The third-order valence-corrected chi connectivity index (χ3v) is 3.84. The number of nitrogens with zero attached hydrogens (tertiary/aromatic N) is 1. The number of H-pyrrole nitrogens is 1. The maximum Gasteiger partial charge on any atom is 0.255 e. The van der Waals surface area contributed by atoms with Gasteiger partial charge in [0.15, 0.2) is 0 Å². The number of carbonyl (C=O) groups is 1. The minimum Gasteiger partial charge on any atom is -0.507 e. The fraction of sp³-hybridized carbons (Fsp3) is 0.158. The number of fused-ring (bicyclic) bond motifs is 1. The average Bonchev–Trinajstić information content (AvgIpc) is 2.56. The fourth-order valence-electron chi connectivity index (χ4n) is 2.75. The summed E-state index contributed by atoms with van der Waals surface area (Å²) >= 11 is 0. The van der Waals surface area contributed by atoms with E-state index in [2.05, 4.69) is 10.3 Å². The van der Waals surface area contributed by atoms with Crippen LogP contribution in [0.25, 0.3) is 21.9 Å². The fourth-order valence-corrected chi connectivity index (χ4v) is 2.75. The first-order chi connectivity index (χ1) is 12.0. The molecular weight excluding hydrogens is 318 g/mol. The van der Waals surface area contributed by atoms with E-state index in [1.807, 2.05) is 26.2 Å². The summed E-state index contributed by atoms with van der Waals surface area (Å²) in [5.74, 6) is -0.0353. The number of amides is 1. The Bertz CT molecular complexity index is 975. The number of pyridine rings is 1. The van der Waals surface area contributed by atoms with Gasteiger partial charge in [0.25, 0.3) is 5.56 Å². The minimum atomic E-state index is -0.248. The quantitative estimate of drug-likeness (QED) is 0.682. The summed E-state index contributed by atoms with van der Waals surface area (Å²) in [6, 6.07) is 12.1. The number of aromatic amines is 1. The van der Waals surface area contributed by atoms with Gasteiger partial charge in [0.2, 0.25) is 5.91 Å². The van der Waals surface area contributed by atoms with Crippen molar-refractivity contribution in [3.05, 3.63) is 59.0 Å². The Hall–Kier alpha value is -3.12. The van der Waals surface area contributed by atoms with Crippen LogP contribution in [0.1, 0.15) is 0 Å². The number of hydrogen-bond donors (Lipinski definition) is 3. The van der Waals surface area contributed by atoms with Gasteiger partial charge in [0, 0.05) is 22.8 Å². The number of phenols is 1. The van der Waals surface area contributed by atoms with Crippen LogP contribution in [0, 0.1) is 0 Å². The monoisotopic (exact) mass is 337 g/mol. The maximum atomic E-state index is 12.0. The van der Waals surface area contributed by atoms with Gasteiger partial charge >= 0.3 is 0 Å². The first kappa shape index (κ1) is 16.7. The standard InChI is InChI=1S/C19H19N3O3/c1-22(2)11-17(24)21-13-8-6-12(7-9-13)15-10-20-19(25)14-4-3-5-16(23)18(14)15/h3-10,23H,11H2,1-2H3,(H,20,25)(H,21,24). The van der Waals surface area contributed by atoms with E-state index in [0.717, 1.165) is 11.1 Å². The first-order valence-electron chi connectivity index (χ1n) is 7.84. The SMILES string of the molecule is CN(C)CC(=O)Nc1ccc(-c2c[nH]c(=O)c3cccc(O)c23)cc1. The first-order valence-corrected chi connectivity index (χ1v) is 7.84. The van der Waals surface area contributed by atoms with Crippen LogP contribution in [0.2, 0.25) is 0 Å². The number of anilines is 1. The lowest BCUT2D eigenvalue weighted by molar-refractivity contribution is -0.116. The van der Waals surface area contributed by atoms with Crippen molar-refractivity contribution < 1.29 is 9.90 Å². The van der Waals surface area contributed by atoms with E-state index in [1.54, 1.807) is 41.4 Å². The molecule has 0 bridgehead atoms. The summed E-state index contributed by atoms with van der Waals surface area (Å²) in [5, 5.41) is 13.9. The van der Waals surface area contributed by atoms with Crippen LogP contribution in [0.5, 0.6) is 5.75 Å². The summed E-state index contributed by atoms with van der Waals surface area (Å²) in [6.45, 7) is 0.306. The van der Waals surface area contributed by atoms with Gasteiger partial charge in [-0.05, 0) is 43.9 Å². The van der Waals surface area contributed by atoms with E-state index in [0.29, 0.717) is 23.0 Å². The molecule has 2 aromatic carbocycles. The normalized spacial score (nSPS) is 11.0. The summed E-state index contributed by atoms with van der Waals surface area (Å²) < 4.78 is 0. The Morgan fingerprint density at radius 1 is 1.16 bits per heavy atom. The zero-order valence-electron chi connectivity index (χ0n) is 14.0. The average molecular weight is 337 g/mol. The van der Waals surface area contributed by atoms with Crippen molar-refractivity contribution in [3.8, 4) is 16.9 Å². The van der Waals surface area contributed by atoms with Gasteiger partial charge in [0.05, 0.1) is 11.9 Å². The molecule has 0 saturated carbocycles. The topological polar surface area (TPSA) is 85.4 Å². The van der Waals surface area contributed by atoms with E-state index in [1.165, 1.54) is 0 Å². The zero-order valence-corrected chi connectivity index (χ0v) is 14.0. The van der Waals surface area contributed by atoms with Crippen molar-refractivity contribution in [2.45, 2.75) is 0 Å². The lowest BCUT2D eigenvalue weighted by Crippen LogP contribution is -2.27. The molecule has 1 heterocycles. The molecule has 0 spiro atoms. The van der Waals surface area contributed by atoms with Crippen LogP contribution < -0.4 is 10.9 Å². The molecule has 3 N–H and O–H groups in total.